The topological polar surface area (TPSA) is 94.4 Å². The number of non-ortho nitro benzene ring substituents is 1. The summed E-state index contributed by atoms with van der Waals surface area (Å²) < 4.78 is 5.14. The maximum absolute atomic E-state index is 12.2. The Balaban J connectivity index is 1.85. The number of nitrogens with zero attached hydrogens (tertiary/aromatic N) is 2. The number of hydrogen-bond acceptors (Lipinski definition) is 5. The summed E-state index contributed by atoms with van der Waals surface area (Å²) in [5, 5.41) is 14.3. The van der Waals surface area contributed by atoms with Crippen LogP contribution in [0.2, 0.25) is 0 Å². The second kappa shape index (κ2) is 6.33. The average molecular weight is 323 g/mol. The van der Waals surface area contributed by atoms with Gasteiger partial charge >= 0.3 is 0 Å². The fourth-order valence-electron chi connectivity index (χ4n) is 2.26. The molecule has 0 saturated carbocycles. The predicted octanol–water partition coefficient (Wildman–Crippen LogP) is 3.40. The van der Waals surface area contributed by atoms with Gasteiger partial charge in [-0.2, -0.15) is 0 Å². The summed E-state index contributed by atoms with van der Waals surface area (Å²) in [5.74, 6) is 0.261. The summed E-state index contributed by atoms with van der Waals surface area (Å²) in [7, 11) is 1.58. The van der Waals surface area contributed by atoms with Crippen LogP contribution in [-0.4, -0.2) is 22.9 Å². The number of pyridine rings is 1. The lowest BCUT2D eigenvalue weighted by atomic mass is 10.1. The van der Waals surface area contributed by atoms with Crippen molar-refractivity contribution in [3.8, 4) is 5.75 Å². The highest BCUT2D eigenvalue weighted by molar-refractivity contribution is 6.05. The fraction of sp³-hybridized carbons (Fsp3) is 0.0588. The maximum atomic E-state index is 12.2. The van der Waals surface area contributed by atoms with E-state index in [1.807, 2.05) is 6.07 Å². The van der Waals surface area contributed by atoms with Crippen LogP contribution in [0.15, 0.2) is 54.7 Å². The van der Waals surface area contributed by atoms with Gasteiger partial charge < -0.3 is 10.1 Å². The van der Waals surface area contributed by atoms with Crippen LogP contribution >= 0.6 is 0 Å². The Kier molecular flexibility index (Phi) is 4.07. The molecule has 2 aromatic carbocycles. The highest BCUT2D eigenvalue weighted by Crippen LogP contribution is 2.22. The van der Waals surface area contributed by atoms with E-state index in [0.29, 0.717) is 11.4 Å². The van der Waals surface area contributed by atoms with E-state index >= 15 is 0 Å². The summed E-state index contributed by atoms with van der Waals surface area (Å²) in [4.78, 5) is 26.8. The number of nitrogens with one attached hydrogen (secondary N) is 1. The second-order valence-corrected chi connectivity index (χ2v) is 5.04. The zero-order chi connectivity index (χ0) is 17.1. The lowest BCUT2D eigenvalue weighted by molar-refractivity contribution is -0.384. The number of nitro groups is 1. The van der Waals surface area contributed by atoms with Crippen molar-refractivity contribution in [1.29, 1.82) is 0 Å². The van der Waals surface area contributed by atoms with Crippen LogP contribution in [0.1, 0.15) is 10.4 Å². The number of hydrogen-bond donors (Lipinski definition) is 1. The van der Waals surface area contributed by atoms with Crippen LogP contribution in [0.3, 0.4) is 0 Å². The van der Waals surface area contributed by atoms with E-state index in [2.05, 4.69) is 10.3 Å². The van der Waals surface area contributed by atoms with Gasteiger partial charge in [0.05, 0.1) is 29.4 Å². The van der Waals surface area contributed by atoms with Crippen LogP contribution in [0.25, 0.3) is 10.9 Å². The van der Waals surface area contributed by atoms with Crippen molar-refractivity contribution < 1.29 is 14.5 Å². The Morgan fingerprint density at radius 3 is 2.79 bits per heavy atom. The van der Waals surface area contributed by atoms with E-state index < -0.39 is 10.8 Å². The number of methoxy groups -OCH3 is 1. The molecule has 0 aliphatic rings. The molecular formula is C17H13N3O4. The van der Waals surface area contributed by atoms with Gasteiger partial charge in [0.1, 0.15) is 5.75 Å². The number of carbonyl (C=O) groups excluding carboxylic acids is 1. The van der Waals surface area contributed by atoms with Crippen molar-refractivity contribution in [3.05, 3.63) is 70.4 Å². The molecule has 0 saturated heterocycles. The largest absolute Gasteiger partial charge is 0.497 e. The standard InChI is InChI=1S/C17H13N3O4/c1-24-15-6-5-11-7-13(10-18-16(11)9-15)19-17(21)12-3-2-4-14(8-12)20(22)23/h2-10H,1H3,(H,19,21). The van der Waals surface area contributed by atoms with Crippen molar-refractivity contribution in [2.24, 2.45) is 0 Å². The number of anilines is 1. The monoisotopic (exact) mass is 323 g/mol. The molecule has 7 nitrogen and oxygen atoms in total. The number of fused-ring (bicyclic) bond motifs is 1. The predicted molar refractivity (Wildman–Crippen MR) is 89.3 cm³/mol. The smallest absolute Gasteiger partial charge is 0.270 e. The molecule has 0 aliphatic carbocycles. The van der Waals surface area contributed by atoms with E-state index in [4.69, 9.17) is 4.74 Å². The van der Waals surface area contributed by atoms with Crippen molar-refractivity contribution in [2.45, 2.75) is 0 Å². The number of ether oxygens (including phenoxy) is 1. The number of aromatic nitrogens is 1. The number of carbonyl (C=O) groups is 1. The van der Waals surface area contributed by atoms with Crippen LogP contribution in [-0.2, 0) is 0 Å². The van der Waals surface area contributed by atoms with Gasteiger partial charge in [-0.3, -0.25) is 19.9 Å². The zero-order valence-electron chi connectivity index (χ0n) is 12.7. The van der Waals surface area contributed by atoms with Gasteiger partial charge in [-0.1, -0.05) is 6.07 Å². The Bertz CT molecular complexity index is 940. The van der Waals surface area contributed by atoms with Gasteiger partial charge in [-0.15, -0.1) is 0 Å². The molecule has 0 atom stereocenters. The second-order valence-electron chi connectivity index (χ2n) is 5.04. The minimum atomic E-state index is -0.540. The first-order valence-corrected chi connectivity index (χ1v) is 7.06. The molecule has 0 unspecified atom stereocenters. The van der Waals surface area contributed by atoms with Gasteiger partial charge in [-0.05, 0) is 24.3 Å². The van der Waals surface area contributed by atoms with Gasteiger partial charge in [0, 0.05) is 29.1 Å². The summed E-state index contributed by atoms with van der Waals surface area (Å²) in [6, 6.07) is 12.8. The van der Waals surface area contributed by atoms with Gasteiger partial charge in [0.15, 0.2) is 0 Å². The fourth-order valence-corrected chi connectivity index (χ4v) is 2.26. The molecule has 0 aliphatic heterocycles. The van der Waals surface area contributed by atoms with Crippen molar-refractivity contribution >= 4 is 28.2 Å². The summed E-state index contributed by atoms with van der Waals surface area (Å²) >= 11 is 0. The third-order valence-electron chi connectivity index (χ3n) is 3.47. The van der Waals surface area contributed by atoms with Crippen molar-refractivity contribution in [2.75, 3.05) is 12.4 Å². The first-order chi connectivity index (χ1) is 11.6. The van der Waals surface area contributed by atoms with E-state index in [0.717, 1.165) is 10.9 Å². The van der Waals surface area contributed by atoms with Crippen LogP contribution in [0.5, 0.6) is 5.75 Å². The highest BCUT2D eigenvalue weighted by Gasteiger charge is 2.12. The van der Waals surface area contributed by atoms with Crippen LogP contribution in [0, 0.1) is 10.1 Å². The van der Waals surface area contributed by atoms with Crippen LogP contribution < -0.4 is 10.1 Å². The van der Waals surface area contributed by atoms with E-state index in [1.54, 1.807) is 25.3 Å². The molecular weight excluding hydrogens is 310 g/mol. The lowest BCUT2D eigenvalue weighted by Crippen LogP contribution is -2.12. The molecule has 0 spiro atoms. The number of benzene rings is 2. The Labute approximate surface area is 137 Å². The molecule has 1 amide bonds. The maximum Gasteiger partial charge on any atom is 0.270 e. The van der Waals surface area contributed by atoms with Gasteiger partial charge in [0.2, 0.25) is 0 Å². The molecule has 0 bridgehead atoms. The van der Waals surface area contributed by atoms with Crippen molar-refractivity contribution in [3.63, 3.8) is 0 Å². The summed E-state index contributed by atoms with van der Waals surface area (Å²) in [6.07, 6.45) is 1.52. The first kappa shape index (κ1) is 15.4. The lowest BCUT2D eigenvalue weighted by Gasteiger charge is -2.07. The highest BCUT2D eigenvalue weighted by atomic mass is 16.6. The molecule has 3 aromatic rings. The molecule has 1 N–H and O–H groups in total. The third kappa shape index (κ3) is 3.14. The molecule has 7 heteroatoms. The average Bonchev–Trinajstić information content (AvgIpc) is 2.61. The Morgan fingerprint density at radius 2 is 2.04 bits per heavy atom. The molecule has 3 rings (SSSR count). The molecule has 1 heterocycles. The van der Waals surface area contributed by atoms with Gasteiger partial charge in [0.25, 0.3) is 11.6 Å². The quantitative estimate of drug-likeness (QED) is 0.586. The minimum Gasteiger partial charge on any atom is -0.497 e. The molecule has 120 valence electrons. The summed E-state index contributed by atoms with van der Waals surface area (Å²) in [5.41, 5.74) is 1.32. The van der Waals surface area contributed by atoms with E-state index in [-0.39, 0.29) is 11.3 Å². The molecule has 24 heavy (non-hydrogen) atoms. The van der Waals surface area contributed by atoms with Gasteiger partial charge in [-0.25, -0.2) is 0 Å². The zero-order valence-corrected chi connectivity index (χ0v) is 12.7. The number of nitro benzene ring substituents is 1. The van der Waals surface area contributed by atoms with E-state index in [9.17, 15) is 14.9 Å². The summed E-state index contributed by atoms with van der Waals surface area (Å²) in [6.45, 7) is 0. The third-order valence-corrected chi connectivity index (χ3v) is 3.47. The first-order valence-electron chi connectivity index (χ1n) is 7.06. The molecule has 0 radical (unpaired) electrons. The number of rotatable bonds is 4. The molecule has 1 aromatic heterocycles. The SMILES string of the molecule is COc1ccc2cc(NC(=O)c3cccc([N+](=O)[O-])c3)cnc2c1. The molecule has 0 fully saturated rings. The number of amides is 1. The van der Waals surface area contributed by atoms with Crippen LogP contribution in [0.4, 0.5) is 11.4 Å². The minimum absolute atomic E-state index is 0.133. The van der Waals surface area contributed by atoms with E-state index in [1.165, 1.54) is 30.5 Å². The Morgan fingerprint density at radius 1 is 1.21 bits per heavy atom. The van der Waals surface area contributed by atoms with Crippen molar-refractivity contribution in [1.82, 2.24) is 4.98 Å². The Hall–Kier alpha value is -3.48. The normalized spacial score (nSPS) is 10.4.